The molecule has 27 heavy (non-hydrogen) atoms. The van der Waals surface area contributed by atoms with Crippen molar-refractivity contribution in [3.05, 3.63) is 50.4 Å². The van der Waals surface area contributed by atoms with Crippen molar-refractivity contribution in [2.24, 2.45) is 4.99 Å². The minimum Gasteiger partial charge on any atom is -0.486 e. The predicted octanol–water partition coefficient (Wildman–Crippen LogP) is 4.11. The van der Waals surface area contributed by atoms with Crippen molar-refractivity contribution in [3.63, 3.8) is 0 Å². The molecule has 1 aromatic heterocycles. The van der Waals surface area contributed by atoms with E-state index in [0.717, 1.165) is 37.1 Å². The monoisotopic (exact) mass is 393 g/mol. The number of aryl methyl sites for hydroxylation is 2. The van der Waals surface area contributed by atoms with Gasteiger partial charge in [0, 0.05) is 24.1 Å². The summed E-state index contributed by atoms with van der Waals surface area (Å²) in [6.07, 6.45) is 3.37. The molecule has 1 aromatic carbocycles. The van der Waals surface area contributed by atoms with Crippen LogP contribution in [0.5, 0.6) is 5.75 Å². The first kappa shape index (κ1) is 19.2. The molecule has 0 radical (unpaired) electrons. The fourth-order valence-corrected chi connectivity index (χ4v) is 3.05. The van der Waals surface area contributed by atoms with E-state index in [9.17, 15) is 10.1 Å². The number of nitro benzene ring substituents is 1. The summed E-state index contributed by atoms with van der Waals surface area (Å²) in [5, 5.41) is 15.4. The molecule has 0 spiro atoms. The zero-order chi connectivity index (χ0) is 19.2. The molecule has 3 rings (SSSR count). The molecule has 0 atom stereocenters. The van der Waals surface area contributed by atoms with Crippen LogP contribution in [0.4, 0.5) is 5.69 Å². The largest absolute Gasteiger partial charge is 0.486 e. The zero-order valence-corrected chi connectivity index (χ0v) is 15.7. The van der Waals surface area contributed by atoms with Gasteiger partial charge in [-0.3, -0.25) is 10.1 Å². The van der Waals surface area contributed by atoms with E-state index in [1.807, 2.05) is 13.0 Å². The van der Waals surface area contributed by atoms with Crippen LogP contribution in [0.25, 0.3) is 0 Å². The molecule has 8 nitrogen and oxygen atoms in total. The van der Waals surface area contributed by atoms with E-state index in [0.29, 0.717) is 31.2 Å². The van der Waals surface area contributed by atoms with Gasteiger partial charge in [-0.2, -0.15) is 0 Å². The van der Waals surface area contributed by atoms with E-state index in [2.05, 4.69) is 10.1 Å². The fraction of sp³-hybridized carbons (Fsp3) is 0.444. The van der Waals surface area contributed by atoms with Crippen molar-refractivity contribution < 1.29 is 18.9 Å². The third-order valence-corrected chi connectivity index (χ3v) is 4.32. The van der Waals surface area contributed by atoms with Crippen LogP contribution in [-0.4, -0.2) is 35.7 Å². The van der Waals surface area contributed by atoms with E-state index in [1.54, 1.807) is 6.07 Å². The summed E-state index contributed by atoms with van der Waals surface area (Å²) in [6, 6.07) is 4.89. The molecule has 1 aliphatic heterocycles. The number of nitro groups is 1. The van der Waals surface area contributed by atoms with Gasteiger partial charge in [-0.25, -0.2) is 4.99 Å². The second-order valence-corrected chi connectivity index (χ2v) is 6.60. The van der Waals surface area contributed by atoms with Gasteiger partial charge in [-0.1, -0.05) is 16.8 Å². The minimum absolute atomic E-state index is 0.0786. The van der Waals surface area contributed by atoms with Gasteiger partial charge in [-0.15, -0.1) is 0 Å². The Morgan fingerprint density at radius 2 is 2.15 bits per heavy atom. The SMILES string of the molecule is Cc1cc(CCCCCOc2c(Cl)cc(C3=NCCO3)cc2[N+](=O)[O-])on1. The minimum atomic E-state index is -0.507. The van der Waals surface area contributed by atoms with Gasteiger partial charge in [0.05, 0.1) is 28.8 Å². The summed E-state index contributed by atoms with van der Waals surface area (Å²) < 4.78 is 16.1. The summed E-state index contributed by atoms with van der Waals surface area (Å²) in [7, 11) is 0. The summed E-state index contributed by atoms with van der Waals surface area (Å²) in [6.45, 7) is 3.22. The Kier molecular flexibility index (Phi) is 6.28. The lowest BCUT2D eigenvalue weighted by Crippen LogP contribution is -2.06. The lowest BCUT2D eigenvalue weighted by atomic mass is 10.1. The maximum Gasteiger partial charge on any atom is 0.313 e. The standard InChI is InChI=1S/C18H20ClN3O5/c1-12-9-14(27-21-12)5-3-2-4-7-25-17-15(19)10-13(11-16(17)22(23)24)18-20-6-8-26-18/h9-11H,2-8H2,1H3. The number of halogens is 1. The summed E-state index contributed by atoms with van der Waals surface area (Å²) >= 11 is 6.22. The van der Waals surface area contributed by atoms with Gasteiger partial charge < -0.3 is 14.0 Å². The Labute approximate surface area is 161 Å². The molecule has 0 saturated carbocycles. The van der Waals surface area contributed by atoms with Gasteiger partial charge >= 0.3 is 5.69 Å². The van der Waals surface area contributed by atoms with Crippen molar-refractivity contribution in [3.8, 4) is 5.75 Å². The Balaban J connectivity index is 1.55. The molecule has 0 N–H and O–H groups in total. The zero-order valence-electron chi connectivity index (χ0n) is 14.9. The third kappa shape index (κ3) is 4.97. The highest BCUT2D eigenvalue weighted by Crippen LogP contribution is 2.37. The van der Waals surface area contributed by atoms with Crippen molar-refractivity contribution in [2.45, 2.75) is 32.6 Å². The molecular formula is C18H20ClN3O5. The maximum atomic E-state index is 11.4. The fourth-order valence-electron chi connectivity index (χ4n) is 2.78. The Morgan fingerprint density at radius 1 is 1.30 bits per heavy atom. The third-order valence-electron chi connectivity index (χ3n) is 4.04. The Morgan fingerprint density at radius 3 is 2.81 bits per heavy atom. The smallest absolute Gasteiger partial charge is 0.313 e. The van der Waals surface area contributed by atoms with Crippen LogP contribution in [0, 0.1) is 17.0 Å². The maximum absolute atomic E-state index is 11.4. The predicted molar refractivity (Wildman–Crippen MR) is 99.8 cm³/mol. The second kappa shape index (κ2) is 8.85. The number of nitrogens with zero attached hydrogens (tertiary/aromatic N) is 3. The molecule has 0 amide bonds. The highest BCUT2D eigenvalue weighted by molar-refractivity contribution is 6.32. The number of aliphatic imine (C=N–C) groups is 1. The molecular weight excluding hydrogens is 374 g/mol. The van der Waals surface area contributed by atoms with Crippen LogP contribution in [-0.2, 0) is 11.2 Å². The molecule has 1 aliphatic rings. The molecule has 0 saturated heterocycles. The molecule has 9 heteroatoms. The van der Waals surface area contributed by atoms with Gasteiger partial charge in [0.15, 0.2) is 0 Å². The molecule has 2 heterocycles. The van der Waals surface area contributed by atoms with E-state index in [1.165, 1.54) is 6.07 Å². The second-order valence-electron chi connectivity index (χ2n) is 6.19. The highest BCUT2D eigenvalue weighted by atomic mass is 35.5. The van der Waals surface area contributed by atoms with Crippen LogP contribution in [0.15, 0.2) is 27.7 Å². The number of rotatable bonds is 9. The highest BCUT2D eigenvalue weighted by Gasteiger charge is 2.23. The number of hydrogen-bond acceptors (Lipinski definition) is 7. The van der Waals surface area contributed by atoms with Crippen LogP contribution >= 0.6 is 11.6 Å². The Bertz CT molecular complexity index is 850. The number of ether oxygens (including phenoxy) is 2. The first-order valence-corrected chi connectivity index (χ1v) is 9.13. The van der Waals surface area contributed by atoms with Crippen LogP contribution in [0.2, 0.25) is 5.02 Å². The van der Waals surface area contributed by atoms with Gasteiger partial charge in [0.25, 0.3) is 0 Å². The topological polar surface area (TPSA) is 100.0 Å². The van der Waals surface area contributed by atoms with E-state index in [4.69, 9.17) is 25.6 Å². The molecule has 0 unspecified atom stereocenters. The van der Waals surface area contributed by atoms with Crippen molar-refractivity contribution >= 4 is 23.2 Å². The van der Waals surface area contributed by atoms with Crippen molar-refractivity contribution in [2.75, 3.05) is 19.8 Å². The number of unbranched alkanes of at least 4 members (excludes halogenated alkanes) is 2. The molecule has 0 fully saturated rings. The number of benzene rings is 1. The van der Waals surface area contributed by atoms with Crippen molar-refractivity contribution in [1.82, 2.24) is 5.16 Å². The summed E-state index contributed by atoms with van der Waals surface area (Å²) in [5.74, 6) is 1.31. The molecule has 0 bridgehead atoms. The van der Waals surface area contributed by atoms with Gasteiger partial charge in [0.1, 0.15) is 12.4 Å². The molecule has 144 valence electrons. The number of hydrogen-bond donors (Lipinski definition) is 0. The normalized spacial score (nSPS) is 13.3. The lowest BCUT2D eigenvalue weighted by Gasteiger charge is -2.10. The lowest BCUT2D eigenvalue weighted by molar-refractivity contribution is -0.385. The van der Waals surface area contributed by atoms with Crippen LogP contribution in [0.1, 0.15) is 36.3 Å². The van der Waals surface area contributed by atoms with Crippen LogP contribution < -0.4 is 4.74 Å². The average Bonchev–Trinajstić information content (AvgIpc) is 3.30. The van der Waals surface area contributed by atoms with E-state index in [-0.39, 0.29) is 16.5 Å². The summed E-state index contributed by atoms with van der Waals surface area (Å²) in [4.78, 5) is 15.1. The quantitative estimate of drug-likeness (QED) is 0.361. The Hall–Kier alpha value is -2.61. The van der Waals surface area contributed by atoms with Crippen molar-refractivity contribution in [1.29, 1.82) is 0 Å². The first-order valence-electron chi connectivity index (χ1n) is 8.75. The number of aromatic nitrogens is 1. The van der Waals surface area contributed by atoms with Gasteiger partial charge in [-0.05, 0) is 32.3 Å². The first-order chi connectivity index (χ1) is 13.0. The summed E-state index contributed by atoms with van der Waals surface area (Å²) in [5.41, 5.74) is 1.17. The van der Waals surface area contributed by atoms with E-state index >= 15 is 0 Å². The van der Waals surface area contributed by atoms with Crippen LogP contribution in [0.3, 0.4) is 0 Å². The molecule has 2 aromatic rings. The average molecular weight is 394 g/mol. The van der Waals surface area contributed by atoms with Gasteiger partial charge in [0.2, 0.25) is 11.6 Å². The van der Waals surface area contributed by atoms with E-state index < -0.39 is 4.92 Å². The molecule has 0 aliphatic carbocycles.